The van der Waals surface area contributed by atoms with E-state index >= 15 is 0 Å². The van der Waals surface area contributed by atoms with Crippen LogP contribution in [0.5, 0.6) is 5.75 Å². The molecule has 3 aromatic rings. The normalized spacial score (nSPS) is 31.8. The molecule has 1 N–H and O–H groups in total. The van der Waals surface area contributed by atoms with Crippen molar-refractivity contribution >= 4 is 63.3 Å². The highest BCUT2D eigenvalue weighted by Gasteiger charge is 2.77. The first kappa shape index (κ1) is 28.0. The maximum absolute atomic E-state index is 14.5. The maximum Gasteiger partial charge on any atom is 0.258 e. The monoisotopic (exact) mass is 620 g/mol. The second-order valence-electron chi connectivity index (χ2n) is 11.8. The lowest BCUT2D eigenvalue weighted by Gasteiger charge is -2.51. The fourth-order valence-electron chi connectivity index (χ4n) is 7.81. The van der Waals surface area contributed by atoms with Crippen molar-refractivity contribution in [1.29, 1.82) is 0 Å². The Balaban J connectivity index is 1.49. The summed E-state index contributed by atoms with van der Waals surface area (Å²) in [6, 6.07) is 15.4. The highest BCUT2D eigenvalue weighted by molar-refractivity contribution is 6.58. The zero-order valence-electron chi connectivity index (χ0n) is 23.1. The summed E-state index contributed by atoms with van der Waals surface area (Å²) in [4.78, 5) is 54.0. The molecule has 3 fully saturated rings. The Kier molecular flexibility index (Phi) is 6.28. The van der Waals surface area contributed by atoms with E-state index in [0.717, 1.165) is 22.4 Å². The summed E-state index contributed by atoms with van der Waals surface area (Å²) in [5, 5.41) is 12.8. The number of halogens is 3. The molecule has 7 rings (SSSR count). The molecule has 43 heavy (non-hydrogen) atoms. The Morgan fingerprint density at radius 2 is 1.65 bits per heavy atom. The average Bonchev–Trinajstić information content (AvgIpc) is 3.32. The molecule has 4 aliphatic rings. The van der Waals surface area contributed by atoms with Crippen molar-refractivity contribution in [2.75, 3.05) is 11.4 Å². The zero-order chi connectivity index (χ0) is 30.4. The van der Waals surface area contributed by atoms with Crippen LogP contribution in [0.15, 0.2) is 72.3 Å². The third-order valence-corrected chi connectivity index (χ3v) is 11.1. The quantitative estimate of drug-likeness (QED) is 0.231. The molecular formula is C33H27Cl2FN2O5. The van der Waals surface area contributed by atoms with Crippen LogP contribution in [-0.2, 0) is 19.2 Å². The number of hydrogen-bond acceptors (Lipinski definition) is 5. The van der Waals surface area contributed by atoms with Crippen LogP contribution in [0.1, 0.15) is 37.7 Å². The Morgan fingerprint density at radius 1 is 0.930 bits per heavy atom. The van der Waals surface area contributed by atoms with Gasteiger partial charge < -0.3 is 5.11 Å². The van der Waals surface area contributed by atoms with Crippen LogP contribution < -0.4 is 4.90 Å². The molecular weight excluding hydrogens is 594 g/mol. The van der Waals surface area contributed by atoms with E-state index in [1.165, 1.54) is 23.1 Å². The number of aromatic hydroxyl groups is 1. The van der Waals surface area contributed by atoms with Gasteiger partial charge in [0.1, 0.15) is 11.6 Å². The number of carbonyl (C=O) groups excluding carboxylic acids is 4. The number of amides is 4. The molecule has 7 nitrogen and oxygen atoms in total. The third kappa shape index (κ3) is 3.59. The molecule has 0 aromatic heterocycles. The number of fused-ring (bicyclic) bond motifs is 5. The van der Waals surface area contributed by atoms with Crippen LogP contribution in [-0.4, -0.2) is 49.9 Å². The molecule has 0 bridgehead atoms. The minimum Gasteiger partial charge on any atom is -0.508 e. The Hall–Kier alpha value is -3.75. The van der Waals surface area contributed by atoms with Crippen LogP contribution in [0.25, 0.3) is 10.8 Å². The first-order valence-corrected chi connectivity index (χ1v) is 15.1. The number of imide groups is 2. The molecule has 2 aliphatic carbocycles. The first-order valence-electron chi connectivity index (χ1n) is 14.3. The zero-order valence-corrected chi connectivity index (χ0v) is 24.6. The Bertz CT molecular complexity index is 1780. The van der Waals surface area contributed by atoms with E-state index in [2.05, 4.69) is 0 Å². The van der Waals surface area contributed by atoms with E-state index in [0.29, 0.717) is 22.9 Å². The smallest absolute Gasteiger partial charge is 0.258 e. The van der Waals surface area contributed by atoms with Gasteiger partial charge in [-0.05, 0) is 66.3 Å². The van der Waals surface area contributed by atoms with E-state index in [1.807, 2.05) is 25.1 Å². The topological polar surface area (TPSA) is 95.0 Å². The van der Waals surface area contributed by atoms with Gasteiger partial charge in [-0.25, -0.2) is 9.29 Å². The minimum atomic E-state index is -2.12. The Labute approximate surface area is 256 Å². The standard InChI is InChI=1S/C33H27Cl2FN2O5/c1-2-15-37-28(40)22-13-12-21-23(25(22)29(37)41)16-32(34)30(42)38(19-10-8-18(36)9-11-19)31(43)33(32,35)27(21)26-20-6-4-3-5-17(20)7-14-24(26)39/h3-12,14,22-23,25,27,39H,2,13,15-16H2,1H3/t22-,23+,25-,27+,32+,33-/m0/s1. The van der Waals surface area contributed by atoms with Crippen molar-refractivity contribution in [2.24, 2.45) is 17.8 Å². The lowest BCUT2D eigenvalue weighted by molar-refractivity contribution is -0.140. The molecule has 4 amide bonds. The Morgan fingerprint density at radius 3 is 2.37 bits per heavy atom. The van der Waals surface area contributed by atoms with Crippen molar-refractivity contribution in [1.82, 2.24) is 4.90 Å². The SMILES string of the molecule is CCCN1C(=O)[C@H]2[C@H](CC=C3[C@H]2C[C@@]2(Cl)C(=O)N(c4ccc(F)cc4)C(=O)[C@@]2(Cl)[C@H]3c2c(O)ccc3ccccc23)C1=O. The van der Waals surface area contributed by atoms with E-state index in [-0.39, 0.29) is 42.6 Å². The lowest BCUT2D eigenvalue weighted by atomic mass is 9.56. The van der Waals surface area contributed by atoms with Crippen molar-refractivity contribution in [3.05, 3.63) is 83.7 Å². The molecule has 220 valence electrons. The van der Waals surface area contributed by atoms with Crippen LogP contribution in [0, 0.1) is 23.6 Å². The molecule has 10 heteroatoms. The summed E-state index contributed by atoms with van der Waals surface area (Å²) < 4.78 is 13.8. The van der Waals surface area contributed by atoms with Crippen molar-refractivity contribution in [3.63, 3.8) is 0 Å². The molecule has 6 atom stereocenters. The molecule has 3 aromatic carbocycles. The number of phenolic OH excluding ortho intramolecular Hbond substituents is 1. The molecule has 1 saturated carbocycles. The summed E-state index contributed by atoms with van der Waals surface area (Å²) in [6.07, 6.45) is 2.51. The largest absolute Gasteiger partial charge is 0.508 e. The number of carbonyl (C=O) groups is 4. The van der Waals surface area contributed by atoms with Gasteiger partial charge in [0.15, 0.2) is 9.75 Å². The first-order chi connectivity index (χ1) is 20.5. The number of alkyl halides is 2. The van der Waals surface area contributed by atoms with Gasteiger partial charge in [0.05, 0.1) is 17.5 Å². The number of phenols is 1. The maximum atomic E-state index is 14.5. The summed E-state index contributed by atoms with van der Waals surface area (Å²) in [5.74, 6) is -6.13. The van der Waals surface area contributed by atoms with Gasteiger partial charge in [-0.1, -0.05) is 48.9 Å². The molecule has 0 spiro atoms. The van der Waals surface area contributed by atoms with E-state index in [4.69, 9.17) is 23.2 Å². The molecule has 2 aliphatic heterocycles. The van der Waals surface area contributed by atoms with E-state index in [9.17, 15) is 28.7 Å². The highest BCUT2D eigenvalue weighted by atomic mass is 35.5. The van der Waals surface area contributed by atoms with Gasteiger partial charge >= 0.3 is 0 Å². The number of rotatable bonds is 4. The number of nitrogens with zero attached hydrogens (tertiary/aromatic N) is 2. The van der Waals surface area contributed by atoms with Crippen molar-refractivity contribution in [3.8, 4) is 5.75 Å². The summed E-state index contributed by atoms with van der Waals surface area (Å²) in [7, 11) is 0. The number of allylic oxidation sites excluding steroid dienone is 2. The van der Waals surface area contributed by atoms with Gasteiger partial charge in [0.25, 0.3) is 11.8 Å². The van der Waals surface area contributed by atoms with Gasteiger partial charge in [0.2, 0.25) is 11.8 Å². The minimum absolute atomic E-state index is 0.0998. The summed E-state index contributed by atoms with van der Waals surface area (Å²) in [5.41, 5.74) is 1.01. The molecule has 0 unspecified atom stereocenters. The molecule has 2 saturated heterocycles. The fraction of sp³-hybridized carbons (Fsp3) is 0.333. The predicted octanol–water partition coefficient (Wildman–Crippen LogP) is 5.66. The summed E-state index contributed by atoms with van der Waals surface area (Å²) >= 11 is 14.8. The van der Waals surface area contributed by atoms with E-state index in [1.54, 1.807) is 18.2 Å². The highest BCUT2D eigenvalue weighted by Crippen LogP contribution is 2.67. The van der Waals surface area contributed by atoms with Gasteiger partial charge in [-0.2, -0.15) is 0 Å². The van der Waals surface area contributed by atoms with Gasteiger partial charge in [-0.3, -0.25) is 24.1 Å². The van der Waals surface area contributed by atoms with Crippen molar-refractivity contribution < 1.29 is 28.7 Å². The van der Waals surface area contributed by atoms with Crippen LogP contribution in [0.2, 0.25) is 0 Å². The van der Waals surface area contributed by atoms with Crippen LogP contribution in [0.4, 0.5) is 10.1 Å². The predicted molar refractivity (Wildman–Crippen MR) is 159 cm³/mol. The number of anilines is 1. The summed E-state index contributed by atoms with van der Waals surface area (Å²) in [6.45, 7) is 2.16. The molecule has 0 radical (unpaired) electrons. The van der Waals surface area contributed by atoms with Crippen LogP contribution in [0.3, 0.4) is 0 Å². The second-order valence-corrected chi connectivity index (χ2v) is 13.0. The third-order valence-electron chi connectivity index (χ3n) is 9.67. The van der Waals surface area contributed by atoms with Crippen LogP contribution >= 0.6 is 23.2 Å². The van der Waals surface area contributed by atoms with Crippen molar-refractivity contribution in [2.45, 2.75) is 41.9 Å². The van der Waals surface area contributed by atoms with Gasteiger partial charge in [0, 0.05) is 18.0 Å². The van der Waals surface area contributed by atoms with Gasteiger partial charge in [-0.15, -0.1) is 23.2 Å². The number of hydrogen-bond donors (Lipinski definition) is 1. The second kappa shape index (κ2) is 9.63. The lowest BCUT2D eigenvalue weighted by Crippen LogP contribution is -2.60. The molecule has 2 heterocycles. The van der Waals surface area contributed by atoms with E-state index < -0.39 is 51.1 Å². The average molecular weight is 621 g/mol. The number of benzene rings is 3. The number of likely N-dealkylation sites (tertiary alicyclic amines) is 1. The fourth-order valence-corrected chi connectivity index (χ4v) is 8.73.